The second-order valence-corrected chi connectivity index (χ2v) is 4.87. The number of rotatable bonds is 4. The Hall–Kier alpha value is -2.48. The largest absolute Gasteiger partial charge is 0.508 e. The van der Waals surface area contributed by atoms with E-state index >= 15 is 0 Å². The van der Waals surface area contributed by atoms with Crippen LogP contribution in [0.2, 0.25) is 0 Å². The van der Waals surface area contributed by atoms with Gasteiger partial charge in [-0.05, 0) is 47.0 Å². The topological polar surface area (TPSA) is 32.3 Å². The lowest BCUT2D eigenvalue weighted by atomic mass is 10.0. The van der Waals surface area contributed by atoms with Gasteiger partial charge in [-0.15, -0.1) is 0 Å². The molecule has 0 aliphatic carbocycles. The van der Waals surface area contributed by atoms with Crippen LogP contribution in [0.4, 0.5) is 5.69 Å². The zero-order valence-electron chi connectivity index (χ0n) is 11.2. The molecule has 0 aliphatic heterocycles. The summed E-state index contributed by atoms with van der Waals surface area (Å²) in [7, 11) is 0. The Bertz CT molecular complexity index is 707. The second-order valence-electron chi connectivity index (χ2n) is 4.87. The van der Waals surface area contributed by atoms with Crippen molar-refractivity contribution < 1.29 is 5.11 Å². The minimum absolute atomic E-state index is 0.320. The van der Waals surface area contributed by atoms with Gasteiger partial charge >= 0.3 is 0 Å². The molecule has 0 aromatic heterocycles. The van der Waals surface area contributed by atoms with E-state index in [0.29, 0.717) is 5.75 Å². The maximum absolute atomic E-state index is 9.64. The van der Waals surface area contributed by atoms with E-state index < -0.39 is 0 Å². The minimum atomic E-state index is 0.320. The normalized spacial score (nSPS) is 10.6. The van der Waals surface area contributed by atoms with E-state index in [4.69, 9.17) is 0 Å². The molecule has 0 heterocycles. The van der Waals surface area contributed by atoms with Gasteiger partial charge in [0.2, 0.25) is 0 Å². The molecule has 3 rings (SSSR count). The third-order valence-corrected chi connectivity index (χ3v) is 3.45. The number of benzene rings is 3. The standard InChI is InChI=1S/C18H17NO/c20-17-10-9-14-5-4-6-15(18(14)13-17)11-12-19-16-7-2-1-3-8-16/h1-10,13,19-20H,11-12H2. The molecule has 100 valence electrons. The van der Waals surface area contributed by atoms with Crippen LogP contribution in [0.3, 0.4) is 0 Å². The Labute approximate surface area is 118 Å². The first-order chi connectivity index (χ1) is 9.83. The Kier molecular flexibility index (Phi) is 3.55. The molecular weight excluding hydrogens is 246 g/mol. The van der Waals surface area contributed by atoms with E-state index in [-0.39, 0.29) is 0 Å². The molecule has 0 radical (unpaired) electrons. The number of phenols is 1. The zero-order chi connectivity index (χ0) is 13.8. The summed E-state index contributed by atoms with van der Waals surface area (Å²) in [5.41, 5.74) is 2.39. The monoisotopic (exact) mass is 263 g/mol. The maximum Gasteiger partial charge on any atom is 0.116 e. The lowest BCUT2D eigenvalue weighted by Crippen LogP contribution is -2.04. The molecule has 2 heteroatoms. The van der Waals surface area contributed by atoms with Crippen LogP contribution in [0, 0.1) is 0 Å². The van der Waals surface area contributed by atoms with Crippen LogP contribution in [-0.2, 0) is 6.42 Å². The van der Waals surface area contributed by atoms with Crippen LogP contribution in [0.25, 0.3) is 10.8 Å². The fourth-order valence-electron chi connectivity index (χ4n) is 2.44. The SMILES string of the molecule is Oc1ccc2cccc(CCNc3ccccc3)c2c1. The zero-order valence-corrected chi connectivity index (χ0v) is 11.2. The van der Waals surface area contributed by atoms with Crippen LogP contribution < -0.4 is 5.32 Å². The van der Waals surface area contributed by atoms with E-state index in [2.05, 4.69) is 35.6 Å². The highest BCUT2D eigenvalue weighted by atomic mass is 16.3. The fourth-order valence-corrected chi connectivity index (χ4v) is 2.44. The van der Waals surface area contributed by atoms with Gasteiger partial charge in [0.05, 0.1) is 0 Å². The average molecular weight is 263 g/mol. The molecule has 20 heavy (non-hydrogen) atoms. The number of phenolic OH excluding ortho intramolecular Hbond substituents is 1. The number of para-hydroxylation sites is 1. The summed E-state index contributed by atoms with van der Waals surface area (Å²) in [4.78, 5) is 0. The summed E-state index contributed by atoms with van der Waals surface area (Å²) in [6.45, 7) is 0.874. The molecule has 0 bridgehead atoms. The summed E-state index contributed by atoms with van der Waals surface area (Å²) in [5, 5.41) is 15.3. The van der Waals surface area contributed by atoms with Crippen molar-refractivity contribution in [3.05, 3.63) is 72.3 Å². The molecule has 0 atom stereocenters. The van der Waals surface area contributed by atoms with Crippen molar-refractivity contribution in [1.82, 2.24) is 0 Å². The molecule has 0 amide bonds. The molecule has 0 unspecified atom stereocenters. The molecule has 0 aliphatic rings. The predicted molar refractivity (Wildman–Crippen MR) is 84.2 cm³/mol. The van der Waals surface area contributed by atoms with E-state index in [1.807, 2.05) is 30.3 Å². The van der Waals surface area contributed by atoms with Crippen molar-refractivity contribution in [3.8, 4) is 5.75 Å². The third kappa shape index (κ3) is 2.75. The van der Waals surface area contributed by atoms with Gasteiger partial charge < -0.3 is 10.4 Å². The van der Waals surface area contributed by atoms with Gasteiger partial charge in [0.1, 0.15) is 5.75 Å². The van der Waals surface area contributed by atoms with Crippen molar-refractivity contribution in [1.29, 1.82) is 0 Å². The van der Waals surface area contributed by atoms with Gasteiger partial charge in [-0.1, -0.05) is 42.5 Å². The van der Waals surface area contributed by atoms with Gasteiger partial charge in [0, 0.05) is 12.2 Å². The molecule has 0 fully saturated rings. The highest BCUT2D eigenvalue weighted by molar-refractivity contribution is 5.87. The maximum atomic E-state index is 9.64. The first-order valence-electron chi connectivity index (χ1n) is 6.82. The molecule has 0 spiro atoms. The lowest BCUT2D eigenvalue weighted by Gasteiger charge is -2.09. The van der Waals surface area contributed by atoms with Crippen molar-refractivity contribution in [2.75, 3.05) is 11.9 Å². The Balaban J connectivity index is 1.76. The first kappa shape index (κ1) is 12.5. The molecule has 3 aromatic carbocycles. The number of anilines is 1. The van der Waals surface area contributed by atoms with Gasteiger partial charge in [-0.2, -0.15) is 0 Å². The Morgan fingerprint density at radius 1 is 0.850 bits per heavy atom. The molecule has 2 nitrogen and oxygen atoms in total. The highest BCUT2D eigenvalue weighted by Gasteiger charge is 2.02. The minimum Gasteiger partial charge on any atom is -0.508 e. The first-order valence-corrected chi connectivity index (χ1v) is 6.82. The summed E-state index contributed by atoms with van der Waals surface area (Å²) in [5.74, 6) is 0.320. The molecular formula is C18H17NO. The van der Waals surface area contributed by atoms with E-state index in [9.17, 15) is 5.11 Å². The number of fused-ring (bicyclic) bond motifs is 1. The van der Waals surface area contributed by atoms with Gasteiger partial charge in [0.25, 0.3) is 0 Å². The van der Waals surface area contributed by atoms with Crippen molar-refractivity contribution in [2.24, 2.45) is 0 Å². The van der Waals surface area contributed by atoms with Crippen LogP contribution in [0.1, 0.15) is 5.56 Å². The van der Waals surface area contributed by atoms with Crippen LogP contribution in [0.5, 0.6) is 5.75 Å². The number of hydrogen-bond acceptors (Lipinski definition) is 2. The molecule has 0 saturated heterocycles. The number of nitrogens with one attached hydrogen (secondary N) is 1. The quantitative estimate of drug-likeness (QED) is 0.739. The smallest absolute Gasteiger partial charge is 0.116 e. The van der Waals surface area contributed by atoms with Gasteiger partial charge in [0.15, 0.2) is 0 Å². The van der Waals surface area contributed by atoms with Crippen molar-refractivity contribution in [2.45, 2.75) is 6.42 Å². The van der Waals surface area contributed by atoms with Crippen LogP contribution in [0.15, 0.2) is 66.7 Å². The summed E-state index contributed by atoms with van der Waals surface area (Å²) in [6.07, 6.45) is 0.926. The highest BCUT2D eigenvalue weighted by Crippen LogP contribution is 2.23. The predicted octanol–water partition coefficient (Wildman–Crippen LogP) is 4.20. The van der Waals surface area contributed by atoms with Crippen molar-refractivity contribution in [3.63, 3.8) is 0 Å². The van der Waals surface area contributed by atoms with E-state index in [1.165, 1.54) is 10.9 Å². The van der Waals surface area contributed by atoms with Gasteiger partial charge in [-0.25, -0.2) is 0 Å². The van der Waals surface area contributed by atoms with Crippen LogP contribution >= 0.6 is 0 Å². The number of aromatic hydroxyl groups is 1. The van der Waals surface area contributed by atoms with Crippen molar-refractivity contribution >= 4 is 16.5 Å². The Morgan fingerprint density at radius 3 is 2.55 bits per heavy atom. The fraction of sp³-hybridized carbons (Fsp3) is 0.111. The van der Waals surface area contributed by atoms with E-state index in [0.717, 1.165) is 24.0 Å². The number of hydrogen-bond donors (Lipinski definition) is 2. The molecule has 3 aromatic rings. The molecule has 2 N–H and O–H groups in total. The third-order valence-electron chi connectivity index (χ3n) is 3.45. The summed E-state index contributed by atoms with van der Waals surface area (Å²) in [6, 6.07) is 22.0. The van der Waals surface area contributed by atoms with Crippen LogP contribution in [-0.4, -0.2) is 11.7 Å². The lowest BCUT2D eigenvalue weighted by molar-refractivity contribution is 0.476. The molecule has 0 saturated carbocycles. The average Bonchev–Trinajstić information content (AvgIpc) is 2.49. The Morgan fingerprint density at radius 2 is 1.70 bits per heavy atom. The second kappa shape index (κ2) is 5.66. The van der Waals surface area contributed by atoms with E-state index in [1.54, 1.807) is 6.07 Å². The summed E-state index contributed by atoms with van der Waals surface area (Å²) >= 11 is 0. The summed E-state index contributed by atoms with van der Waals surface area (Å²) < 4.78 is 0. The van der Waals surface area contributed by atoms with Gasteiger partial charge in [-0.3, -0.25) is 0 Å².